The van der Waals surface area contributed by atoms with Gasteiger partial charge in [-0.15, -0.1) is 0 Å². The molecular formula is C37H40N2O3. The Morgan fingerprint density at radius 3 is 2.33 bits per heavy atom. The molecule has 5 nitrogen and oxygen atoms in total. The molecule has 5 aromatic rings. The number of hydrogen-bond acceptors (Lipinski definition) is 3. The maximum atomic E-state index is 13.3. The van der Waals surface area contributed by atoms with E-state index in [4.69, 9.17) is 9.47 Å². The normalized spacial score (nSPS) is 11.9. The molecule has 5 rings (SSSR count). The van der Waals surface area contributed by atoms with Crippen molar-refractivity contribution in [3.63, 3.8) is 0 Å². The van der Waals surface area contributed by atoms with Gasteiger partial charge in [0, 0.05) is 42.5 Å². The molecule has 216 valence electrons. The Morgan fingerprint density at radius 2 is 1.60 bits per heavy atom. The molecule has 0 aliphatic carbocycles. The van der Waals surface area contributed by atoms with E-state index in [0.717, 1.165) is 34.1 Å². The number of benzene rings is 4. The van der Waals surface area contributed by atoms with Gasteiger partial charge < -0.3 is 19.4 Å². The molecule has 0 bridgehead atoms. The van der Waals surface area contributed by atoms with Crippen LogP contribution >= 0.6 is 0 Å². The molecule has 0 fully saturated rings. The van der Waals surface area contributed by atoms with E-state index in [1.165, 1.54) is 11.1 Å². The molecule has 0 saturated heterocycles. The Bertz CT molecular complexity index is 1620. The van der Waals surface area contributed by atoms with Crippen LogP contribution in [0.1, 0.15) is 54.0 Å². The molecule has 0 aliphatic rings. The first-order chi connectivity index (χ1) is 20.4. The Kier molecular flexibility index (Phi) is 9.28. The van der Waals surface area contributed by atoms with Crippen molar-refractivity contribution in [3.8, 4) is 11.5 Å². The summed E-state index contributed by atoms with van der Waals surface area (Å²) >= 11 is 0. The smallest absolute Gasteiger partial charge is 0.220 e. The summed E-state index contributed by atoms with van der Waals surface area (Å²) in [5, 5.41) is 4.28. The fourth-order valence-corrected chi connectivity index (χ4v) is 5.31. The first-order valence-corrected chi connectivity index (χ1v) is 14.7. The monoisotopic (exact) mass is 560 g/mol. The van der Waals surface area contributed by atoms with Gasteiger partial charge in [0.1, 0.15) is 6.61 Å². The number of carbonyl (C=O) groups excluding carboxylic acids is 1. The van der Waals surface area contributed by atoms with Crippen LogP contribution in [0.15, 0.2) is 103 Å². The van der Waals surface area contributed by atoms with Gasteiger partial charge in [0.2, 0.25) is 5.91 Å². The van der Waals surface area contributed by atoms with Crippen LogP contribution in [0.2, 0.25) is 0 Å². The number of rotatable bonds is 12. The van der Waals surface area contributed by atoms with Gasteiger partial charge in [0.05, 0.1) is 7.11 Å². The predicted molar refractivity (Wildman–Crippen MR) is 170 cm³/mol. The minimum atomic E-state index is -0.175. The van der Waals surface area contributed by atoms with Crippen LogP contribution in [0.5, 0.6) is 11.5 Å². The van der Waals surface area contributed by atoms with Gasteiger partial charge in [-0.25, -0.2) is 0 Å². The van der Waals surface area contributed by atoms with Gasteiger partial charge in [0.15, 0.2) is 11.5 Å². The molecule has 0 saturated carbocycles. The summed E-state index contributed by atoms with van der Waals surface area (Å²) in [5.41, 5.74) is 6.84. The summed E-state index contributed by atoms with van der Waals surface area (Å²) in [5.74, 6) is 1.56. The number of fused-ring (bicyclic) bond motifs is 1. The highest BCUT2D eigenvalue weighted by Gasteiger charge is 2.24. The Morgan fingerprint density at radius 1 is 0.857 bits per heavy atom. The maximum absolute atomic E-state index is 13.3. The molecule has 5 heteroatoms. The topological polar surface area (TPSA) is 52.5 Å². The lowest BCUT2D eigenvalue weighted by atomic mass is 9.87. The zero-order valence-electron chi connectivity index (χ0n) is 25.0. The Balaban J connectivity index is 1.55. The van der Waals surface area contributed by atoms with Gasteiger partial charge >= 0.3 is 0 Å². The number of nitrogens with one attached hydrogen (secondary N) is 1. The zero-order valence-corrected chi connectivity index (χ0v) is 25.0. The van der Waals surface area contributed by atoms with Crippen molar-refractivity contribution in [1.82, 2.24) is 9.88 Å². The Labute approximate surface area is 249 Å². The second kappa shape index (κ2) is 13.4. The highest BCUT2D eigenvalue weighted by Crippen LogP contribution is 2.39. The highest BCUT2D eigenvalue weighted by atomic mass is 16.5. The van der Waals surface area contributed by atoms with Crippen LogP contribution in [-0.2, 0) is 17.9 Å². The van der Waals surface area contributed by atoms with E-state index in [-0.39, 0.29) is 11.8 Å². The molecule has 0 spiro atoms. The average Bonchev–Trinajstić information content (AvgIpc) is 3.37. The molecule has 0 aliphatic heterocycles. The second-order valence-electron chi connectivity index (χ2n) is 11.4. The second-order valence-corrected chi connectivity index (χ2v) is 11.4. The van der Waals surface area contributed by atoms with Crippen LogP contribution < -0.4 is 14.8 Å². The van der Waals surface area contributed by atoms with Crippen molar-refractivity contribution in [3.05, 3.63) is 131 Å². The van der Waals surface area contributed by atoms with Crippen molar-refractivity contribution in [2.24, 2.45) is 5.92 Å². The molecule has 1 aromatic heterocycles. The first-order valence-electron chi connectivity index (χ1n) is 14.7. The molecule has 1 atom stereocenters. The van der Waals surface area contributed by atoms with Gasteiger partial charge in [-0.05, 0) is 53.3 Å². The highest BCUT2D eigenvalue weighted by molar-refractivity contribution is 5.87. The quantitative estimate of drug-likeness (QED) is 0.169. The lowest BCUT2D eigenvalue weighted by Gasteiger charge is -2.20. The van der Waals surface area contributed by atoms with E-state index < -0.39 is 0 Å². The number of hydrogen-bond donors (Lipinski definition) is 1. The third-order valence-electron chi connectivity index (χ3n) is 7.59. The number of amides is 1. The molecular weight excluding hydrogens is 520 g/mol. The van der Waals surface area contributed by atoms with Gasteiger partial charge in [-0.1, -0.05) is 98.3 Å². The molecule has 4 aromatic carbocycles. The van der Waals surface area contributed by atoms with E-state index >= 15 is 0 Å². The summed E-state index contributed by atoms with van der Waals surface area (Å²) < 4.78 is 14.2. The molecule has 1 unspecified atom stereocenters. The molecule has 0 radical (unpaired) electrons. The van der Waals surface area contributed by atoms with Gasteiger partial charge in [0.25, 0.3) is 0 Å². The largest absolute Gasteiger partial charge is 0.493 e. The van der Waals surface area contributed by atoms with Crippen LogP contribution in [0.25, 0.3) is 10.9 Å². The summed E-state index contributed by atoms with van der Waals surface area (Å²) in [4.78, 5) is 13.3. The van der Waals surface area contributed by atoms with Crippen LogP contribution in [0.4, 0.5) is 0 Å². The number of aryl methyl sites for hydroxylation is 1. The summed E-state index contributed by atoms with van der Waals surface area (Å²) in [6.45, 7) is 8.15. The minimum Gasteiger partial charge on any atom is -0.493 e. The fraction of sp³-hybridized carbons (Fsp3) is 0.270. The summed E-state index contributed by atoms with van der Waals surface area (Å²) in [6.07, 6.45) is 2.55. The molecule has 1 amide bonds. The summed E-state index contributed by atoms with van der Waals surface area (Å²) in [6, 6.07) is 33.3. The maximum Gasteiger partial charge on any atom is 0.220 e. The van der Waals surface area contributed by atoms with Crippen molar-refractivity contribution in [2.45, 2.75) is 46.3 Å². The first kappa shape index (κ1) is 29.0. The standard InChI is InChI=1S/C37H40N2O3/c1-26(2)22-38-37(40)21-32(30-18-19-35(41-4)36(20-30)42-25-29-10-6-5-7-11-29)33-24-39(34-13-9-8-12-31(33)34)23-28-16-14-27(3)15-17-28/h5-20,24,26,32H,21-23,25H2,1-4H3,(H,38,40). The van der Waals surface area contributed by atoms with E-state index in [0.29, 0.717) is 37.0 Å². The molecule has 42 heavy (non-hydrogen) atoms. The molecule has 1 heterocycles. The average molecular weight is 561 g/mol. The number of carbonyl (C=O) groups is 1. The number of para-hydroxylation sites is 1. The van der Waals surface area contributed by atoms with Crippen molar-refractivity contribution < 1.29 is 14.3 Å². The summed E-state index contributed by atoms with van der Waals surface area (Å²) in [7, 11) is 1.65. The number of nitrogens with zero attached hydrogens (tertiary/aromatic N) is 1. The van der Waals surface area contributed by atoms with Gasteiger partial charge in [-0.3, -0.25) is 4.79 Å². The lowest BCUT2D eigenvalue weighted by molar-refractivity contribution is -0.121. The molecule has 1 N–H and O–H groups in total. The van der Waals surface area contributed by atoms with Crippen molar-refractivity contribution in [1.29, 1.82) is 0 Å². The van der Waals surface area contributed by atoms with Crippen LogP contribution in [-0.4, -0.2) is 24.1 Å². The van der Waals surface area contributed by atoms with E-state index in [2.05, 4.69) is 91.4 Å². The number of methoxy groups -OCH3 is 1. The van der Waals surface area contributed by atoms with Crippen LogP contribution in [0.3, 0.4) is 0 Å². The number of ether oxygens (including phenoxy) is 2. The fourth-order valence-electron chi connectivity index (χ4n) is 5.31. The Hall–Kier alpha value is -4.51. The lowest BCUT2D eigenvalue weighted by Crippen LogP contribution is -2.28. The predicted octanol–water partition coefficient (Wildman–Crippen LogP) is 7.88. The zero-order chi connectivity index (χ0) is 29.5. The third kappa shape index (κ3) is 7.03. The van der Waals surface area contributed by atoms with E-state index in [1.54, 1.807) is 7.11 Å². The minimum absolute atomic E-state index is 0.0339. The number of aromatic nitrogens is 1. The van der Waals surface area contributed by atoms with Crippen LogP contribution in [0, 0.1) is 12.8 Å². The van der Waals surface area contributed by atoms with Gasteiger partial charge in [-0.2, -0.15) is 0 Å². The third-order valence-corrected chi connectivity index (χ3v) is 7.59. The van der Waals surface area contributed by atoms with Crippen molar-refractivity contribution in [2.75, 3.05) is 13.7 Å². The SMILES string of the molecule is COc1ccc(C(CC(=O)NCC(C)C)c2cn(Cc3ccc(C)cc3)c3ccccc23)cc1OCc1ccccc1. The van der Waals surface area contributed by atoms with E-state index in [1.807, 2.05) is 42.5 Å². The van der Waals surface area contributed by atoms with Crippen molar-refractivity contribution >= 4 is 16.8 Å². The van der Waals surface area contributed by atoms with E-state index in [9.17, 15) is 4.79 Å².